The fraction of sp³-hybridized carbons (Fsp3) is 0.591. The number of carbonyl (C=O) groups excluding carboxylic acids is 3. The van der Waals surface area contributed by atoms with Gasteiger partial charge in [0, 0.05) is 6.42 Å². The Labute approximate surface area is 191 Å². The van der Waals surface area contributed by atoms with Gasteiger partial charge in [-0.15, -0.1) is 0 Å². The lowest BCUT2D eigenvalue weighted by Gasteiger charge is -2.29. The van der Waals surface area contributed by atoms with E-state index in [1.807, 2.05) is 0 Å². The van der Waals surface area contributed by atoms with Crippen LogP contribution in [0, 0.1) is 5.92 Å². The van der Waals surface area contributed by atoms with Crippen LogP contribution in [-0.2, 0) is 25.5 Å². The van der Waals surface area contributed by atoms with Crippen LogP contribution >= 0.6 is 0 Å². The number of hydrogen-bond donors (Lipinski definition) is 4. The number of carbonyl (C=O) groups is 3. The summed E-state index contributed by atoms with van der Waals surface area (Å²) >= 11 is 0. The van der Waals surface area contributed by atoms with Crippen LogP contribution in [0.25, 0.3) is 0 Å². The first kappa shape index (κ1) is 28.4. The highest BCUT2D eigenvalue weighted by Crippen LogP contribution is 2.24. The van der Waals surface area contributed by atoms with Crippen molar-refractivity contribution in [2.24, 2.45) is 5.92 Å². The van der Waals surface area contributed by atoms with E-state index in [4.69, 9.17) is 9.94 Å². The van der Waals surface area contributed by atoms with Gasteiger partial charge in [0.25, 0.3) is 5.91 Å². The highest BCUT2D eigenvalue weighted by Gasteiger charge is 2.44. The number of ether oxygens (including phenoxy) is 1. The van der Waals surface area contributed by atoms with Crippen LogP contribution in [0.2, 0.25) is 0 Å². The molecule has 0 saturated carbocycles. The summed E-state index contributed by atoms with van der Waals surface area (Å²) in [5.74, 6) is -3.51. The lowest BCUT2D eigenvalue weighted by atomic mass is 10.0. The number of nitrogens with one attached hydrogen (secondary N) is 3. The first-order valence-electron chi connectivity index (χ1n) is 10.5. The molecule has 2 amide bonds. The molecule has 0 saturated heterocycles. The highest BCUT2D eigenvalue weighted by atomic mass is 19.4. The van der Waals surface area contributed by atoms with E-state index in [1.54, 1.807) is 51.1 Å². The molecule has 3 atom stereocenters. The average molecular weight is 476 g/mol. The van der Waals surface area contributed by atoms with Gasteiger partial charge < -0.3 is 10.1 Å². The van der Waals surface area contributed by atoms with Crippen LogP contribution in [0.3, 0.4) is 0 Å². The van der Waals surface area contributed by atoms with Crippen molar-refractivity contribution in [3.05, 3.63) is 35.9 Å². The van der Waals surface area contributed by atoms with Gasteiger partial charge >= 0.3 is 12.1 Å². The summed E-state index contributed by atoms with van der Waals surface area (Å²) in [4.78, 5) is 36.9. The Morgan fingerprint density at radius 3 is 2.09 bits per heavy atom. The second kappa shape index (κ2) is 12.0. The van der Waals surface area contributed by atoms with Crippen molar-refractivity contribution < 1.29 is 37.5 Å². The number of amides is 2. The van der Waals surface area contributed by atoms with Crippen molar-refractivity contribution in [1.29, 1.82) is 0 Å². The third-order valence-electron chi connectivity index (χ3n) is 4.53. The first-order chi connectivity index (χ1) is 15.1. The maximum absolute atomic E-state index is 13.6. The van der Waals surface area contributed by atoms with Gasteiger partial charge in [-0.25, -0.2) is 10.3 Å². The second-order valence-electron chi connectivity index (χ2n) is 9.01. The van der Waals surface area contributed by atoms with Gasteiger partial charge in [0.15, 0.2) is 0 Å². The fourth-order valence-electron chi connectivity index (χ4n) is 2.98. The Kier molecular flexibility index (Phi) is 10.3. The third-order valence-corrected chi connectivity index (χ3v) is 4.53. The molecule has 33 heavy (non-hydrogen) atoms. The molecule has 186 valence electrons. The van der Waals surface area contributed by atoms with Crippen LogP contribution < -0.4 is 16.1 Å². The highest BCUT2D eigenvalue weighted by molar-refractivity contribution is 5.85. The van der Waals surface area contributed by atoms with Crippen molar-refractivity contribution in [2.45, 2.75) is 77.4 Å². The molecule has 0 aliphatic carbocycles. The maximum atomic E-state index is 13.6. The molecule has 11 heteroatoms. The lowest BCUT2D eigenvalue weighted by Crippen LogP contribution is -2.56. The van der Waals surface area contributed by atoms with E-state index in [2.05, 4.69) is 10.6 Å². The number of hydrogen-bond acceptors (Lipinski definition) is 6. The molecule has 0 heterocycles. The number of benzene rings is 1. The zero-order valence-corrected chi connectivity index (χ0v) is 19.3. The van der Waals surface area contributed by atoms with E-state index in [9.17, 15) is 27.6 Å². The molecular formula is C22H32F3N3O5. The van der Waals surface area contributed by atoms with E-state index in [0.29, 0.717) is 5.56 Å². The van der Waals surface area contributed by atoms with Gasteiger partial charge in [0.1, 0.15) is 17.7 Å². The minimum atomic E-state index is -4.87. The zero-order chi connectivity index (χ0) is 25.4. The van der Waals surface area contributed by atoms with Gasteiger partial charge in [0.05, 0.1) is 12.5 Å². The summed E-state index contributed by atoms with van der Waals surface area (Å²) in [6.45, 7) is 7.87. The zero-order valence-electron chi connectivity index (χ0n) is 19.3. The smallest absolute Gasteiger partial charge is 0.404 e. The maximum Gasteiger partial charge on any atom is 0.404 e. The van der Waals surface area contributed by atoms with Crippen LogP contribution in [0.1, 0.15) is 46.6 Å². The molecule has 0 fully saturated rings. The Hall–Kier alpha value is -2.66. The molecular weight excluding hydrogens is 443 g/mol. The van der Waals surface area contributed by atoms with Crippen LogP contribution in [-0.4, -0.2) is 52.9 Å². The predicted octanol–water partition coefficient (Wildman–Crippen LogP) is 2.50. The fourth-order valence-corrected chi connectivity index (χ4v) is 2.98. The molecule has 0 aliphatic heterocycles. The summed E-state index contributed by atoms with van der Waals surface area (Å²) in [6, 6.07) is 3.64. The van der Waals surface area contributed by atoms with Crippen LogP contribution in [0.4, 0.5) is 13.2 Å². The van der Waals surface area contributed by atoms with Crippen molar-refractivity contribution >= 4 is 17.8 Å². The second-order valence-corrected chi connectivity index (χ2v) is 9.01. The molecule has 1 aromatic rings. The van der Waals surface area contributed by atoms with Gasteiger partial charge in [-0.2, -0.15) is 13.2 Å². The number of hydroxylamine groups is 1. The number of alkyl halides is 3. The van der Waals surface area contributed by atoms with Gasteiger partial charge in [-0.3, -0.25) is 20.1 Å². The number of rotatable bonds is 10. The SMILES string of the molecule is CC(C)[C@H](N[C@@H](CC(=O)N[C@@H](Cc1ccccc1)C(=O)OC(C)(C)C)C(F)(F)F)C(=O)NO. The molecule has 1 aromatic carbocycles. The topological polar surface area (TPSA) is 117 Å². The summed E-state index contributed by atoms with van der Waals surface area (Å²) in [6.07, 6.45) is -5.94. The summed E-state index contributed by atoms with van der Waals surface area (Å²) in [5.41, 5.74) is 1.14. The Morgan fingerprint density at radius 1 is 1.06 bits per heavy atom. The normalized spacial score (nSPS) is 14.8. The summed E-state index contributed by atoms with van der Waals surface area (Å²) < 4.78 is 46.1. The van der Waals surface area contributed by atoms with E-state index < -0.39 is 60.0 Å². The molecule has 0 spiro atoms. The molecule has 0 aliphatic rings. The van der Waals surface area contributed by atoms with E-state index in [-0.39, 0.29) is 6.42 Å². The molecule has 0 unspecified atom stereocenters. The summed E-state index contributed by atoms with van der Waals surface area (Å²) in [7, 11) is 0. The molecule has 0 radical (unpaired) electrons. The van der Waals surface area contributed by atoms with E-state index in [1.165, 1.54) is 19.3 Å². The number of esters is 1. The molecule has 1 rings (SSSR count). The Morgan fingerprint density at radius 2 is 1.64 bits per heavy atom. The standard InChI is InChI=1S/C22H32F3N3O5/c1-13(2)18(19(30)28-32)27-16(22(23,24)25)12-17(29)26-15(20(31)33-21(3,4)5)11-14-9-7-6-8-10-14/h6-10,13,15-16,18,27,32H,11-12H2,1-5H3,(H,26,29)(H,28,30)/t15-,16-,18-/m0/s1. The van der Waals surface area contributed by atoms with Crippen molar-refractivity contribution in [3.63, 3.8) is 0 Å². The minimum absolute atomic E-state index is 0.0210. The monoisotopic (exact) mass is 475 g/mol. The summed E-state index contributed by atoms with van der Waals surface area (Å²) in [5, 5.41) is 13.2. The average Bonchev–Trinajstić information content (AvgIpc) is 2.68. The number of halogens is 3. The predicted molar refractivity (Wildman–Crippen MR) is 114 cm³/mol. The van der Waals surface area contributed by atoms with Gasteiger partial charge in [-0.1, -0.05) is 44.2 Å². The van der Waals surface area contributed by atoms with Crippen LogP contribution in [0.15, 0.2) is 30.3 Å². The quantitative estimate of drug-likeness (QED) is 0.235. The molecule has 8 nitrogen and oxygen atoms in total. The molecule has 0 aromatic heterocycles. The molecule has 4 N–H and O–H groups in total. The van der Waals surface area contributed by atoms with Crippen molar-refractivity contribution in [2.75, 3.05) is 0 Å². The van der Waals surface area contributed by atoms with Crippen molar-refractivity contribution in [1.82, 2.24) is 16.1 Å². The Balaban J connectivity index is 3.04. The lowest BCUT2D eigenvalue weighted by molar-refractivity contribution is -0.167. The Bertz CT molecular complexity index is 795. The molecule has 0 bridgehead atoms. The van der Waals surface area contributed by atoms with E-state index >= 15 is 0 Å². The van der Waals surface area contributed by atoms with E-state index in [0.717, 1.165) is 0 Å². The third kappa shape index (κ3) is 10.2. The minimum Gasteiger partial charge on any atom is -0.458 e. The van der Waals surface area contributed by atoms with Gasteiger partial charge in [-0.05, 0) is 32.3 Å². The van der Waals surface area contributed by atoms with Crippen LogP contribution in [0.5, 0.6) is 0 Å². The van der Waals surface area contributed by atoms with Gasteiger partial charge in [0.2, 0.25) is 5.91 Å². The first-order valence-corrected chi connectivity index (χ1v) is 10.5. The van der Waals surface area contributed by atoms with Crippen molar-refractivity contribution in [3.8, 4) is 0 Å². The largest absolute Gasteiger partial charge is 0.458 e.